The number of carboxylic acid groups (broad SMARTS) is 1. The molecule has 2 aromatic carbocycles. The van der Waals surface area contributed by atoms with E-state index in [-0.39, 0.29) is 13.0 Å². The van der Waals surface area contributed by atoms with E-state index in [1.165, 1.54) is 0 Å². The van der Waals surface area contributed by atoms with E-state index in [4.69, 9.17) is 19.6 Å². The zero-order valence-corrected chi connectivity index (χ0v) is 15.3. The molecule has 144 valence electrons. The molecule has 0 spiro atoms. The number of benzene rings is 2. The quantitative estimate of drug-likeness (QED) is 0.554. The van der Waals surface area contributed by atoms with Crippen molar-refractivity contribution >= 4 is 23.3 Å². The SMILES string of the molecule is COc1ccc2c(OCC[C@H](NC=O)C(=O)O)cc(-c3ccccc3)nc2c1. The lowest BCUT2D eigenvalue weighted by molar-refractivity contribution is -0.140. The summed E-state index contributed by atoms with van der Waals surface area (Å²) in [5.74, 6) is 0.157. The smallest absolute Gasteiger partial charge is 0.326 e. The molecule has 0 aliphatic rings. The van der Waals surface area contributed by atoms with E-state index in [0.717, 1.165) is 16.6 Å². The van der Waals surface area contributed by atoms with Crippen molar-refractivity contribution in [1.82, 2.24) is 10.3 Å². The number of hydrogen-bond donors (Lipinski definition) is 2. The van der Waals surface area contributed by atoms with Crippen LogP contribution in [0.2, 0.25) is 0 Å². The predicted octanol–water partition coefficient (Wildman–Crippen LogP) is 2.88. The molecule has 7 heteroatoms. The Labute approximate surface area is 161 Å². The van der Waals surface area contributed by atoms with Crippen molar-refractivity contribution in [2.45, 2.75) is 12.5 Å². The fourth-order valence-electron chi connectivity index (χ4n) is 2.83. The summed E-state index contributed by atoms with van der Waals surface area (Å²) in [4.78, 5) is 26.4. The van der Waals surface area contributed by atoms with Crippen LogP contribution in [0.5, 0.6) is 11.5 Å². The monoisotopic (exact) mass is 380 g/mol. The van der Waals surface area contributed by atoms with Gasteiger partial charge >= 0.3 is 5.97 Å². The van der Waals surface area contributed by atoms with Gasteiger partial charge in [-0.3, -0.25) is 4.79 Å². The van der Waals surface area contributed by atoms with Crippen LogP contribution >= 0.6 is 0 Å². The number of nitrogens with one attached hydrogen (secondary N) is 1. The minimum absolute atomic E-state index is 0.122. The highest BCUT2D eigenvalue weighted by Gasteiger charge is 2.17. The van der Waals surface area contributed by atoms with Crippen LogP contribution in [0.4, 0.5) is 0 Å². The number of carbonyl (C=O) groups is 2. The van der Waals surface area contributed by atoms with Crippen LogP contribution in [-0.2, 0) is 9.59 Å². The largest absolute Gasteiger partial charge is 0.497 e. The van der Waals surface area contributed by atoms with Gasteiger partial charge in [0.15, 0.2) is 0 Å². The average molecular weight is 380 g/mol. The van der Waals surface area contributed by atoms with Crippen LogP contribution < -0.4 is 14.8 Å². The van der Waals surface area contributed by atoms with Crippen molar-refractivity contribution in [1.29, 1.82) is 0 Å². The van der Waals surface area contributed by atoms with Gasteiger partial charge in [0.25, 0.3) is 0 Å². The molecule has 1 heterocycles. The number of nitrogens with zero attached hydrogens (tertiary/aromatic N) is 1. The minimum Gasteiger partial charge on any atom is -0.497 e. The molecular weight excluding hydrogens is 360 g/mol. The first-order chi connectivity index (χ1) is 13.6. The molecule has 0 unspecified atom stereocenters. The highest BCUT2D eigenvalue weighted by atomic mass is 16.5. The molecule has 3 rings (SSSR count). The van der Waals surface area contributed by atoms with Gasteiger partial charge < -0.3 is 19.9 Å². The van der Waals surface area contributed by atoms with Gasteiger partial charge in [0.2, 0.25) is 6.41 Å². The van der Waals surface area contributed by atoms with Crippen LogP contribution in [-0.4, -0.2) is 42.2 Å². The van der Waals surface area contributed by atoms with Gasteiger partial charge in [-0.1, -0.05) is 30.3 Å². The summed E-state index contributed by atoms with van der Waals surface area (Å²) in [6.07, 6.45) is 0.509. The van der Waals surface area contributed by atoms with Crippen LogP contribution in [0.1, 0.15) is 6.42 Å². The second-order valence-electron chi connectivity index (χ2n) is 6.07. The Balaban J connectivity index is 1.93. The van der Waals surface area contributed by atoms with Crippen molar-refractivity contribution in [3.05, 3.63) is 54.6 Å². The highest BCUT2D eigenvalue weighted by molar-refractivity contribution is 5.89. The second-order valence-corrected chi connectivity index (χ2v) is 6.07. The molecule has 2 N–H and O–H groups in total. The summed E-state index contributed by atoms with van der Waals surface area (Å²) in [6.45, 7) is 0.122. The van der Waals surface area contributed by atoms with Gasteiger partial charge in [0.05, 0.1) is 24.9 Å². The molecule has 0 bridgehead atoms. The molecule has 0 saturated heterocycles. The lowest BCUT2D eigenvalue weighted by atomic mass is 10.1. The first kappa shape index (κ1) is 19.2. The maximum Gasteiger partial charge on any atom is 0.326 e. The first-order valence-electron chi connectivity index (χ1n) is 8.72. The third-order valence-corrected chi connectivity index (χ3v) is 4.28. The van der Waals surface area contributed by atoms with E-state index in [1.54, 1.807) is 7.11 Å². The third kappa shape index (κ3) is 4.37. The minimum atomic E-state index is -1.11. The summed E-state index contributed by atoms with van der Waals surface area (Å²) < 4.78 is 11.2. The molecule has 0 radical (unpaired) electrons. The van der Waals surface area contributed by atoms with Gasteiger partial charge in [-0.05, 0) is 12.1 Å². The Kier molecular flexibility index (Phi) is 6.06. The second kappa shape index (κ2) is 8.85. The van der Waals surface area contributed by atoms with Crippen molar-refractivity contribution in [3.63, 3.8) is 0 Å². The van der Waals surface area contributed by atoms with E-state index in [9.17, 15) is 9.59 Å². The van der Waals surface area contributed by atoms with Crippen molar-refractivity contribution in [2.24, 2.45) is 0 Å². The number of amides is 1. The molecule has 7 nitrogen and oxygen atoms in total. The van der Waals surface area contributed by atoms with Gasteiger partial charge in [-0.15, -0.1) is 0 Å². The van der Waals surface area contributed by atoms with E-state index < -0.39 is 12.0 Å². The molecule has 0 fully saturated rings. The topological polar surface area (TPSA) is 97.8 Å². The Morgan fingerprint density at radius 2 is 2.00 bits per heavy atom. The maximum atomic E-state index is 11.2. The van der Waals surface area contributed by atoms with Crippen LogP contribution in [0.25, 0.3) is 22.2 Å². The number of fused-ring (bicyclic) bond motifs is 1. The number of rotatable bonds is 9. The molecular formula is C21H20N2O5. The summed E-state index contributed by atoms with van der Waals surface area (Å²) in [7, 11) is 1.59. The van der Waals surface area contributed by atoms with Crippen LogP contribution in [0.15, 0.2) is 54.6 Å². The van der Waals surface area contributed by atoms with E-state index >= 15 is 0 Å². The van der Waals surface area contributed by atoms with Crippen LogP contribution in [0.3, 0.4) is 0 Å². The number of carbonyl (C=O) groups excluding carboxylic acids is 1. The first-order valence-corrected chi connectivity index (χ1v) is 8.72. The number of methoxy groups -OCH3 is 1. The molecule has 1 aromatic heterocycles. The predicted molar refractivity (Wildman–Crippen MR) is 104 cm³/mol. The summed E-state index contributed by atoms with van der Waals surface area (Å²) >= 11 is 0. The van der Waals surface area contributed by atoms with Gasteiger partial charge in [0, 0.05) is 29.5 Å². The van der Waals surface area contributed by atoms with E-state index in [2.05, 4.69) is 5.32 Å². The molecule has 0 aliphatic carbocycles. The zero-order chi connectivity index (χ0) is 19.9. The number of pyridine rings is 1. The Morgan fingerprint density at radius 3 is 2.68 bits per heavy atom. The number of hydrogen-bond acceptors (Lipinski definition) is 5. The Morgan fingerprint density at radius 1 is 1.21 bits per heavy atom. The molecule has 1 atom stereocenters. The fraction of sp³-hybridized carbons (Fsp3) is 0.190. The number of aliphatic carboxylic acids is 1. The highest BCUT2D eigenvalue weighted by Crippen LogP contribution is 2.32. The molecule has 0 aliphatic heterocycles. The molecule has 0 saturated carbocycles. The number of carboxylic acids is 1. The van der Waals surface area contributed by atoms with Crippen LogP contribution in [0, 0.1) is 0 Å². The van der Waals surface area contributed by atoms with Gasteiger partial charge in [0.1, 0.15) is 17.5 Å². The maximum absolute atomic E-state index is 11.2. The third-order valence-electron chi connectivity index (χ3n) is 4.28. The fourth-order valence-corrected chi connectivity index (χ4v) is 2.83. The molecule has 28 heavy (non-hydrogen) atoms. The zero-order valence-electron chi connectivity index (χ0n) is 15.3. The standard InChI is InChI=1S/C21H20N2O5/c1-27-15-7-8-16-19(11-15)23-18(14-5-3-2-4-6-14)12-20(16)28-10-9-17(21(25)26)22-13-24/h2-8,11-13,17H,9-10H2,1H3,(H,22,24)(H,25,26)/t17-/m0/s1. The summed E-state index contributed by atoms with van der Waals surface area (Å²) in [6, 6.07) is 16.0. The summed E-state index contributed by atoms with van der Waals surface area (Å²) in [5.41, 5.74) is 2.37. The lowest BCUT2D eigenvalue weighted by Gasteiger charge is -2.15. The number of aromatic nitrogens is 1. The molecule has 1 amide bonds. The van der Waals surface area contributed by atoms with Crippen molar-refractivity contribution in [2.75, 3.05) is 13.7 Å². The van der Waals surface area contributed by atoms with Crippen molar-refractivity contribution in [3.8, 4) is 22.8 Å². The Hall–Kier alpha value is -3.61. The van der Waals surface area contributed by atoms with E-state index in [1.807, 2.05) is 54.6 Å². The number of ether oxygens (including phenoxy) is 2. The van der Waals surface area contributed by atoms with Gasteiger partial charge in [-0.25, -0.2) is 9.78 Å². The Bertz CT molecular complexity index is 975. The lowest BCUT2D eigenvalue weighted by Crippen LogP contribution is -2.36. The summed E-state index contributed by atoms with van der Waals surface area (Å²) in [5, 5.41) is 12.2. The van der Waals surface area contributed by atoms with Gasteiger partial charge in [-0.2, -0.15) is 0 Å². The van der Waals surface area contributed by atoms with E-state index in [0.29, 0.717) is 23.4 Å². The van der Waals surface area contributed by atoms with Crippen molar-refractivity contribution < 1.29 is 24.2 Å². The normalized spacial score (nSPS) is 11.6. The average Bonchev–Trinajstić information content (AvgIpc) is 2.72. The molecule has 3 aromatic rings.